The molecule has 1 aliphatic carbocycles. The van der Waals surface area contributed by atoms with Crippen LogP contribution in [0.3, 0.4) is 0 Å². The second-order valence-electron chi connectivity index (χ2n) is 5.30. The van der Waals surface area contributed by atoms with Crippen molar-refractivity contribution in [1.29, 1.82) is 0 Å². The van der Waals surface area contributed by atoms with Crippen LogP contribution in [0.2, 0.25) is 0 Å². The number of rotatable bonds is 8. The van der Waals surface area contributed by atoms with Gasteiger partial charge in [0.05, 0.1) is 0 Å². The average Bonchev–Trinajstić information content (AvgIpc) is 2.85. The van der Waals surface area contributed by atoms with E-state index in [1.165, 1.54) is 32.1 Å². The first-order chi connectivity index (χ1) is 9.58. The van der Waals surface area contributed by atoms with Gasteiger partial charge in [-0.3, -0.25) is 0 Å². The molecule has 1 aliphatic rings. The molecule has 0 fully saturated rings. The van der Waals surface area contributed by atoms with Crippen LogP contribution in [0, 0.1) is 5.92 Å². The number of hydrogen-bond acceptors (Lipinski definition) is 3. The molecule has 0 radical (unpaired) electrons. The molecule has 0 atom stereocenters. The van der Waals surface area contributed by atoms with Crippen molar-refractivity contribution in [3.05, 3.63) is 23.3 Å². The van der Waals surface area contributed by atoms with Gasteiger partial charge in [-0.05, 0) is 37.2 Å². The SMILES string of the molecule is CCCCC1=C(CC(C)C)C=CC1.C[O][Ti]([O]C)[O]C. The summed E-state index contributed by atoms with van der Waals surface area (Å²) in [6, 6.07) is 0. The molecule has 0 heterocycles. The van der Waals surface area contributed by atoms with Crippen LogP contribution < -0.4 is 0 Å². The van der Waals surface area contributed by atoms with Gasteiger partial charge in [-0.25, -0.2) is 0 Å². The summed E-state index contributed by atoms with van der Waals surface area (Å²) in [4.78, 5) is 0. The van der Waals surface area contributed by atoms with Gasteiger partial charge in [0.1, 0.15) is 0 Å². The third-order valence-corrected chi connectivity index (χ3v) is 4.66. The zero-order valence-corrected chi connectivity index (χ0v) is 15.6. The van der Waals surface area contributed by atoms with Gasteiger partial charge in [-0.1, -0.05) is 44.9 Å². The third kappa shape index (κ3) is 9.09. The van der Waals surface area contributed by atoms with E-state index in [-0.39, 0.29) is 0 Å². The summed E-state index contributed by atoms with van der Waals surface area (Å²) < 4.78 is 14.3. The van der Waals surface area contributed by atoms with E-state index in [2.05, 4.69) is 32.9 Å². The molecular formula is C16H31O3Ti. The van der Waals surface area contributed by atoms with Crippen LogP contribution in [0.25, 0.3) is 0 Å². The van der Waals surface area contributed by atoms with E-state index in [0.717, 1.165) is 5.92 Å². The van der Waals surface area contributed by atoms with Crippen LogP contribution in [-0.2, 0) is 29.0 Å². The third-order valence-electron chi connectivity index (χ3n) is 3.10. The summed E-state index contributed by atoms with van der Waals surface area (Å²) in [6.45, 7) is 6.87. The Morgan fingerprint density at radius 2 is 1.75 bits per heavy atom. The Balaban J connectivity index is 0.000000441. The summed E-state index contributed by atoms with van der Waals surface area (Å²) in [7, 11) is 4.76. The Labute approximate surface area is 132 Å². The van der Waals surface area contributed by atoms with Gasteiger partial charge in [0.15, 0.2) is 0 Å². The Kier molecular flexibility index (Phi) is 12.8. The fraction of sp³-hybridized carbons (Fsp3) is 0.750. The van der Waals surface area contributed by atoms with Crippen LogP contribution in [0.1, 0.15) is 52.9 Å². The molecule has 0 saturated heterocycles. The molecule has 20 heavy (non-hydrogen) atoms. The molecule has 4 heteroatoms. The van der Waals surface area contributed by atoms with E-state index in [9.17, 15) is 0 Å². The minimum absolute atomic E-state index is 0.800. The maximum atomic E-state index is 4.77. The number of hydrogen-bond donors (Lipinski definition) is 0. The number of allylic oxidation sites excluding steroid dienone is 4. The van der Waals surface area contributed by atoms with Crippen LogP contribution in [0.15, 0.2) is 23.3 Å². The predicted molar refractivity (Wildman–Crippen MR) is 80.8 cm³/mol. The van der Waals surface area contributed by atoms with Gasteiger partial charge in [-0.15, -0.1) is 0 Å². The average molecular weight is 319 g/mol. The summed E-state index contributed by atoms with van der Waals surface area (Å²) in [5, 5.41) is 0. The molecule has 0 N–H and O–H groups in total. The number of unbranched alkanes of at least 4 members (excludes halogenated alkanes) is 1. The van der Waals surface area contributed by atoms with Gasteiger partial charge in [0.2, 0.25) is 0 Å². The molecule has 0 amide bonds. The monoisotopic (exact) mass is 319 g/mol. The zero-order valence-electron chi connectivity index (χ0n) is 14.0. The van der Waals surface area contributed by atoms with Crippen LogP contribution in [0.4, 0.5) is 0 Å². The summed E-state index contributed by atoms with van der Waals surface area (Å²) >= 11 is -1.90. The molecule has 0 unspecified atom stereocenters. The second kappa shape index (κ2) is 12.8. The normalized spacial score (nSPS) is 13.8. The molecule has 0 saturated carbocycles. The molecule has 0 bridgehead atoms. The van der Waals surface area contributed by atoms with Gasteiger partial charge in [-0.2, -0.15) is 0 Å². The fourth-order valence-electron chi connectivity index (χ4n) is 2.15. The second-order valence-corrected chi connectivity index (χ2v) is 7.99. The topological polar surface area (TPSA) is 27.7 Å². The van der Waals surface area contributed by atoms with Crippen molar-refractivity contribution >= 4 is 0 Å². The van der Waals surface area contributed by atoms with Crippen LogP contribution >= 0.6 is 0 Å². The maximum absolute atomic E-state index is 4.77. The van der Waals surface area contributed by atoms with Gasteiger partial charge >= 0.3 is 50.3 Å². The Hall–Kier alpha value is 0.0743. The van der Waals surface area contributed by atoms with Gasteiger partial charge in [0, 0.05) is 0 Å². The summed E-state index contributed by atoms with van der Waals surface area (Å²) in [5.41, 5.74) is 3.33. The van der Waals surface area contributed by atoms with E-state index in [4.69, 9.17) is 9.96 Å². The molecular weight excluding hydrogens is 288 g/mol. The van der Waals surface area contributed by atoms with E-state index in [1.54, 1.807) is 32.5 Å². The summed E-state index contributed by atoms with van der Waals surface area (Å²) in [6.07, 6.45) is 11.2. The molecule has 0 aromatic heterocycles. The van der Waals surface area contributed by atoms with Gasteiger partial charge < -0.3 is 0 Å². The molecule has 0 spiro atoms. The van der Waals surface area contributed by atoms with Crippen molar-refractivity contribution in [2.45, 2.75) is 52.9 Å². The van der Waals surface area contributed by atoms with Crippen molar-refractivity contribution in [3.8, 4) is 0 Å². The van der Waals surface area contributed by atoms with E-state index in [0.29, 0.717) is 0 Å². The van der Waals surface area contributed by atoms with Gasteiger partial charge in [0.25, 0.3) is 0 Å². The molecule has 0 aliphatic heterocycles. The molecule has 0 aromatic rings. The molecule has 0 aromatic carbocycles. The van der Waals surface area contributed by atoms with Crippen molar-refractivity contribution in [3.63, 3.8) is 0 Å². The Morgan fingerprint density at radius 3 is 2.15 bits per heavy atom. The Morgan fingerprint density at radius 1 is 1.15 bits per heavy atom. The van der Waals surface area contributed by atoms with Crippen molar-refractivity contribution < 1.29 is 29.0 Å². The molecule has 117 valence electrons. The first-order valence-corrected chi connectivity index (χ1v) is 9.36. The first-order valence-electron chi connectivity index (χ1n) is 7.45. The quantitative estimate of drug-likeness (QED) is 0.603. The standard InChI is InChI=1S/C13H22.3CH3O.Ti/c1-4-5-7-12-8-6-9-13(12)10-11(2)3;3*1-2;/h6,9,11H,4-5,7-8,10H2,1-3H3;3*1H3;/q;3*-1;+3. The first kappa shape index (κ1) is 20.1. The van der Waals surface area contributed by atoms with E-state index >= 15 is 0 Å². The predicted octanol–water partition coefficient (Wildman–Crippen LogP) is 4.77. The van der Waals surface area contributed by atoms with Crippen LogP contribution in [0.5, 0.6) is 0 Å². The fourth-order valence-corrected chi connectivity index (χ4v) is 2.93. The van der Waals surface area contributed by atoms with E-state index in [1.807, 2.05) is 0 Å². The minimum atomic E-state index is -1.90. The van der Waals surface area contributed by atoms with Crippen molar-refractivity contribution in [2.24, 2.45) is 5.92 Å². The zero-order chi connectivity index (χ0) is 15.4. The van der Waals surface area contributed by atoms with E-state index < -0.39 is 19.0 Å². The van der Waals surface area contributed by atoms with Crippen LogP contribution in [-0.4, -0.2) is 21.3 Å². The molecule has 3 nitrogen and oxygen atoms in total. The Bertz CT molecular complexity index is 289. The molecule has 1 rings (SSSR count). The summed E-state index contributed by atoms with van der Waals surface area (Å²) in [5.74, 6) is 0.800. The van der Waals surface area contributed by atoms with Crippen molar-refractivity contribution in [1.82, 2.24) is 0 Å². The van der Waals surface area contributed by atoms with Crippen molar-refractivity contribution in [2.75, 3.05) is 21.3 Å².